The average Bonchev–Trinajstić information content (AvgIpc) is 2.53. The number of benzene rings is 2. The first-order chi connectivity index (χ1) is 10.2. The first kappa shape index (κ1) is 14.8. The van der Waals surface area contributed by atoms with Crippen LogP contribution >= 0.6 is 0 Å². The first-order valence-corrected chi connectivity index (χ1v) is 6.57. The number of carbonyl (C=O) groups excluding carboxylic acids is 1. The van der Waals surface area contributed by atoms with Crippen molar-refractivity contribution in [3.63, 3.8) is 0 Å². The van der Waals surface area contributed by atoms with Crippen molar-refractivity contribution in [3.8, 4) is 5.75 Å². The molecule has 2 aromatic carbocycles. The van der Waals surface area contributed by atoms with Gasteiger partial charge in [0.1, 0.15) is 0 Å². The quantitative estimate of drug-likeness (QED) is 0.859. The third kappa shape index (κ3) is 4.49. The molecule has 0 aliphatic carbocycles. The molecule has 0 saturated carbocycles. The second kappa shape index (κ2) is 7.28. The summed E-state index contributed by atoms with van der Waals surface area (Å²) in [6, 6.07) is 14.0. The lowest BCUT2D eigenvalue weighted by Gasteiger charge is -2.09. The Morgan fingerprint density at radius 1 is 1.19 bits per heavy atom. The molecular weight excluding hydrogens is 271 g/mol. The van der Waals surface area contributed by atoms with Gasteiger partial charge >= 0.3 is 0 Å². The number of hydrogen-bond donors (Lipinski definition) is 2. The van der Waals surface area contributed by atoms with Crippen LogP contribution in [0.5, 0.6) is 5.75 Å². The summed E-state index contributed by atoms with van der Waals surface area (Å²) in [6.45, 7) is 0.593. The van der Waals surface area contributed by atoms with Crippen LogP contribution in [0.25, 0.3) is 0 Å². The van der Waals surface area contributed by atoms with Crippen molar-refractivity contribution >= 4 is 11.6 Å². The fraction of sp³-hybridized carbons (Fsp3) is 0.188. The van der Waals surface area contributed by atoms with Crippen LogP contribution in [-0.4, -0.2) is 19.6 Å². The second-order valence-electron chi connectivity index (χ2n) is 4.47. The molecule has 0 aliphatic heterocycles. The van der Waals surface area contributed by atoms with Gasteiger partial charge in [-0.05, 0) is 17.7 Å². The molecule has 5 heteroatoms. The van der Waals surface area contributed by atoms with Gasteiger partial charge in [0, 0.05) is 18.3 Å². The standard InChI is InChI=1S/C16H17FN2O2/c1-21-15-9-13(7-8-14(15)17)18-11-16(20)19-10-12-5-3-2-4-6-12/h2-9,18H,10-11H2,1H3,(H,19,20). The monoisotopic (exact) mass is 288 g/mol. The Morgan fingerprint density at radius 2 is 1.95 bits per heavy atom. The molecule has 1 amide bonds. The first-order valence-electron chi connectivity index (χ1n) is 6.57. The van der Waals surface area contributed by atoms with Crippen molar-refractivity contribution in [3.05, 3.63) is 59.9 Å². The summed E-state index contributed by atoms with van der Waals surface area (Å²) in [5.41, 5.74) is 1.66. The Balaban J connectivity index is 1.81. The summed E-state index contributed by atoms with van der Waals surface area (Å²) in [4.78, 5) is 11.7. The van der Waals surface area contributed by atoms with Crippen LogP contribution < -0.4 is 15.4 Å². The third-order valence-electron chi connectivity index (χ3n) is 2.94. The number of anilines is 1. The lowest BCUT2D eigenvalue weighted by molar-refractivity contribution is -0.119. The summed E-state index contributed by atoms with van der Waals surface area (Å²) in [5.74, 6) is -0.427. The van der Waals surface area contributed by atoms with E-state index in [0.29, 0.717) is 12.2 Å². The zero-order chi connectivity index (χ0) is 15.1. The number of rotatable bonds is 6. The molecule has 4 nitrogen and oxygen atoms in total. The highest BCUT2D eigenvalue weighted by Crippen LogP contribution is 2.21. The molecular formula is C16H17FN2O2. The van der Waals surface area contributed by atoms with Crippen LogP contribution in [0.1, 0.15) is 5.56 Å². The number of ether oxygens (including phenoxy) is 1. The number of amides is 1. The van der Waals surface area contributed by atoms with Crippen LogP contribution in [0.4, 0.5) is 10.1 Å². The van der Waals surface area contributed by atoms with Gasteiger partial charge in [-0.1, -0.05) is 30.3 Å². The van der Waals surface area contributed by atoms with Crippen LogP contribution in [0, 0.1) is 5.82 Å². The number of hydrogen-bond acceptors (Lipinski definition) is 3. The predicted octanol–water partition coefficient (Wildman–Crippen LogP) is 2.56. The van der Waals surface area contributed by atoms with Crippen molar-refractivity contribution < 1.29 is 13.9 Å². The van der Waals surface area contributed by atoms with E-state index in [1.54, 1.807) is 6.07 Å². The lowest BCUT2D eigenvalue weighted by Crippen LogP contribution is -2.29. The Kier molecular flexibility index (Phi) is 5.15. The minimum atomic E-state index is -0.434. The predicted molar refractivity (Wildman–Crippen MR) is 79.7 cm³/mol. The van der Waals surface area contributed by atoms with Crippen molar-refractivity contribution in [2.75, 3.05) is 19.0 Å². The van der Waals surface area contributed by atoms with E-state index in [9.17, 15) is 9.18 Å². The molecule has 0 saturated heterocycles. The maximum Gasteiger partial charge on any atom is 0.239 e. The number of halogens is 1. The van der Waals surface area contributed by atoms with E-state index in [1.165, 1.54) is 19.2 Å². The molecule has 0 aliphatic rings. The lowest BCUT2D eigenvalue weighted by atomic mass is 10.2. The molecule has 110 valence electrons. The Morgan fingerprint density at radius 3 is 2.67 bits per heavy atom. The molecule has 2 rings (SSSR count). The van der Waals surface area contributed by atoms with Gasteiger partial charge in [-0.25, -0.2) is 4.39 Å². The zero-order valence-electron chi connectivity index (χ0n) is 11.7. The van der Waals surface area contributed by atoms with E-state index >= 15 is 0 Å². The van der Waals surface area contributed by atoms with Gasteiger partial charge in [0.2, 0.25) is 5.91 Å². The average molecular weight is 288 g/mol. The van der Waals surface area contributed by atoms with E-state index in [1.807, 2.05) is 30.3 Å². The summed E-state index contributed by atoms with van der Waals surface area (Å²) >= 11 is 0. The highest BCUT2D eigenvalue weighted by atomic mass is 19.1. The molecule has 0 aromatic heterocycles. The second-order valence-corrected chi connectivity index (χ2v) is 4.47. The van der Waals surface area contributed by atoms with Crippen LogP contribution in [0.15, 0.2) is 48.5 Å². The van der Waals surface area contributed by atoms with Crippen LogP contribution in [0.2, 0.25) is 0 Å². The summed E-state index contributed by atoms with van der Waals surface area (Å²) in [6.07, 6.45) is 0. The smallest absolute Gasteiger partial charge is 0.239 e. The number of nitrogens with one attached hydrogen (secondary N) is 2. The van der Waals surface area contributed by atoms with Crippen LogP contribution in [0.3, 0.4) is 0 Å². The van der Waals surface area contributed by atoms with Crippen molar-refractivity contribution in [1.29, 1.82) is 0 Å². The van der Waals surface area contributed by atoms with Gasteiger partial charge in [0.05, 0.1) is 13.7 Å². The Labute approximate surface area is 122 Å². The molecule has 0 fully saturated rings. The van der Waals surface area contributed by atoms with Crippen molar-refractivity contribution in [1.82, 2.24) is 5.32 Å². The van der Waals surface area contributed by atoms with Crippen molar-refractivity contribution in [2.24, 2.45) is 0 Å². The Bertz CT molecular complexity index is 602. The summed E-state index contributed by atoms with van der Waals surface area (Å²) in [7, 11) is 1.40. The van der Waals surface area contributed by atoms with Gasteiger partial charge in [0.15, 0.2) is 11.6 Å². The van der Waals surface area contributed by atoms with Gasteiger partial charge in [-0.3, -0.25) is 4.79 Å². The number of methoxy groups -OCH3 is 1. The van der Waals surface area contributed by atoms with E-state index in [-0.39, 0.29) is 18.2 Å². The van der Waals surface area contributed by atoms with Crippen molar-refractivity contribution in [2.45, 2.75) is 6.54 Å². The summed E-state index contributed by atoms with van der Waals surface area (Å²) in [5, 5.41) is 5.73. The van der Waals surface area contributed by atoms with E-state index in [2.05, 4.69) is 10.6 Å². The van der Waals surface area contributed by atoms with Gasteiger partial charge < -0.3 is 15.4 Å². The molecule has 0 radical (unpaired) electrons. The maximum absolute atomic E-state index is 13.2. The minimum Gasteiger partial charge on any atom is -0.494 e. The summed E-state index contributed by atoms with van der Waals surface area (Å²) < 4.78 is 18.1. The van der Waals surface area contributed by atoms with Gasteiger partial charge in [0.25, 0.3) is 0 Å². The van der Waals surface area contributed by atoms with E-state index in [0.717, 1.165) is 5.56 Å². The molecule has 2 aromatic rings. The topological polar surface area (TPSA) is 50.4 Å². The van der Waals surface area contributed by atoms with E-state index < -0.39 is 5.82 Å². The fourth-order valence-corrected chi connectivity index (χ4v) is 1.81. The van der Waals surface area contributed by atoms with Crippen LogP contribution in [-0.2, 0) is 11.3 Å². The SMILES string of the molecule is COc1cc(NCC(=O)NCc2ccccc2)ccc1F. The normalized spacial score (nSPS) is 10.0. The third-order valence-corrected chi connectivity index (χ3v) is 2.94. The van der Waals surface area contributed by atoms with Gasteiger partial charge in [-0.2, -0.15) is 0 Å². The molecule has 0 heterocycles. The molecule has 21 heavy (non-hydrogen) atoms. The maximum atomic E-state index is 13.2. The number of carbonyl (C=O) groups is 1. The Hall–Kier alpha value is -2.56. The molecule has 2 N–H and O–H groups in total. The molecule has 0 unspecified atom stereocenters. The minimum absolute atomic E-state index is 0.113. The molecule has 0 atom stereocenters. The zero-order valence-corrected chi connectivity index (χ0v) is 11.7. The fourth-order valence-electron chi connectivity index (χ4n) is 1.81. The van der Waals surface area contributed by atoms with E-state index in [4.69, 9.17) is 4.74 Å². The largest absolute Gasteiger partial charge is 0.494 e. The molecule has 0 spiro atoms. The molecule has 0 bridgehead atoms. The highest BCUT2D eigenvalue weighted by molar-refractivity contribution is 5.80. The van der Waals surface area contributed by atoms with Gasteiger partial charge in [-0.15, -0.1) is 0 Å². The highest BCUT2D eigenvalue weighted by Gasteiger charge is 2.05.